The van der Waals surface area contributed by atoms with Crippen LogP contribution in [0.5, 0.6) is 5.75 Å². The summed E-state index contributed by atoms with van der Waals surface area (Å²) in [5.41, 5.74) is 0.219. The van der Waals surface area contributed by atoms with Crippen LogP contribution >= 0.6 is 0 Å². The fourth-order valence-electron chi connectivity index (χ4n) is 3.96. The zero-order valence-electron chi connectivity index (χ0n) is 15.9. The molecule has 1 aromatic carbocycles. The Labute approximate surface area is 155 Å². The van der Waals surface area contributed by atoms with E-state index in [2.05, 4.69) is 0 Å². The van der Waals surface area contributed by atoms with E-state index < -0.39 is 5.41 Å². The molecule has 1 amide bonds. The highest BCUT2D eigenvalue weighted by Crippen LogP contribution is 2.43. The zero-order chi connectivity index (χ0) is 18.7. The lowest BCUT2D eigenvalue weighted by molar-refractivity contribution is -0.150. The SMILES string of the molecule is CCOc1cccc(C(=O)N2CCC3(CC2)CC(CN(C)C)OC3=O)c1. The second-order valence-electron chi connectivity index (χ2n) is 7.53. The summed E-state index contributed by atoms with van der Waals surface area (Å²) in [6.07, 6.45) is 2.06. The maximum absolute atomic E-state index is 12.8. The van der Waals surface area contributed by atoms with Crippen molar-refractivity contribution in [3.05, 3.63) is 29.8 Å². The zero-order valence-corrected chi connectivity index (χ0v) is 15.9. The first-order valence-corrected chi connectivity index (χ1v) is 9.31. The van der Waals surface area contributed by atoms with Gasteiger partial charge in [-0.05, 0) is 52.1 Å². The van der Waals surface area contributed by atoms with Gasteiger partial charge < -0.3 is 19.3 Å². The molecule has 1 spiro atoms. The molecule has 2 aliphatic rings. The van der Waals surface area contributed by atoms with Crippen molar-refractivity contribution < 1.29 is 19.1 Å². The maximum atomic E-state index is 12.8. The number of hydrogen-bond donors (Lipinski definition) is 0. The van der Waals surface area contributed by atoms with Crippen LogP contribution < -0.4 is 4.74 Å². The topological polar surface area (TPSA) is 59.1 Å². The molecule has 0 saturated carbocycles. The number of likely N-dealkylation sites (tertiary alicyclic amines) is 1. The summed E-state index contributed by atoms with van der Waals surface area (Å²) >= 11 is 0. The second kappa shape index (κ2) is 7.66. The van der Waals surface area contributed by atoms with Crippen molar-refractivity contribution >= 4 is 11.9 Å². The Morgan fingerprint density at radius 1 is 1.35 bits per heavy atom. The van der Waals surface area contributed by atoms with Gasteiger partial charge in [-0.15, -0.1) is 0 Å². The van der Waals surface area contributed by atoms with E-state index in [1.807, 2.05) is 49.0 Å². The molecule has 26 heavy (non-hydrogen) atoms. The second-order valence-corrected chi connectivity index (χ2v) is 7.53. The van der Waals surface area contributed by atoms with Gasteiger partial charge in [0.1, 0.15) is 11.9 Å². The maximum Gasteiger partial charge on any atom is 0.312 e. The third kappa shape index (κ3) is 3.85. The van der Waals surface area contributed by atoms with Crippen LogP contribution in [0.1, 0.15) is 36.5 Å². The van der Waals surface area contributed by atoms with Crippen molar-refractivity contribution in [1.29, 1.82) is 0 Å². The number of likely N-dealkylation sites (N-methyl/N-ethyl adjacent to an activating group) is 1. The lowest BCUT2D eigenvalue weighted by Gasteiger charge is -2.36. The Kier molecular flexibility index (Phi) is 5.51. The Balaban J connectivity index is 1.62. The van der Waals surface area contributed by atoms with Crippen molar-refractivity contribution in [1.82, 2.24) is 9.80 Å². The number of cyclic esters (lactones) is 1. The highest BCUT2D eigenvalue weighted by atomic mass is 16.6. The van der Waals surface area contributed by atoms with Crippen LogP contribution in [0.15, 0.2) is 24.3 Å². The Hall–Kier alpha value is -2.08. The van der Waals surface area contributed by atoms with Crippen molar-refractivity contribution in [3.63, 3.8) is 0 Å². The van der Waals surface area contributed by atoms with Gasteiger partial charge in [0.25, 0.3) is 5.91 Å². The van der Waals surface area contributed by atoms with Crippen LogP contribution in [0, 0.1) is 5.41 Å². The molecule has 6 heteroatoms. The number of benzene rings is 1. The van der Waals surface area contributed by atoms with Crippen molar-refractivity contribution in [2.75, 3.05) is 40.3 Å². The summed E-state index contributed by atoms with van der Waals surface area (Å²) < 4.78 is 11.1. The van der Waals surface area contributed by atoms with Gasteiger partial charge >= 0.3 is 5.97 Å². The molecule has 6 nitrogen and oxygen atoms in total. The number of hydrogen-bond acceptors (Lipinski definition) is 5. The number of rotatable bonds is 5. The third-order valence-electron chi connectivity index (χ3n) is 5.29. The summed E-state index contributed by atoms with van der Waals surface area (Å²) in [6.45, 7) is 4.41. The molecule has 1 unspecified atom stereocenters. The van der Waals surface area contributed by atoms with E-state index in [1.54, 1.807) is 6.07 Å². The number of carbonyl (C=O) groups excluding carboxylic acids is 2. The average Bonchev–Trinajstić information content (AvgIpc) is 2.89. The molecular formula is C20H28N2O4. The minimum atomic E-state index is -0.412. The molecule has 142 valence electrons. The lowest BCUT2D eigenvalue weighted by atomic mass is 9.76. The van der Waals surface area contributed by atoms with Gasteiger partial charge in [-0.25, -0.2) is 0 Å². The lowest BCUT2D eigenvalue weighted by Crippen LogP contribution is -2.45. The number of carbonyl (C=O) groups is 2. The van der Waals surface area contributed by atoms with E-state index in [-0.39, 0.29) is 18.0 Å². The fraction of sp³-hybridized carbons (Fsp3) is 0.600. The van der Waals surface area contributed by atoms with Crippen LogP contribution in [0.2, 0.25) is 0 Å². The minimum Gasteiger partial charge on any atom is -0.494 e. The van der Waals surface area contributed by atoms with Gasteiger partial charge in [0, 0.05) is 31.6 Å². The summed E-state index contributed by atoms with van der Waals surface area (Å²) in [4.78, 5) is 29.1. The van der Waals surface area contributed by atoms with E-state index >= 15 is 0 Å². The van der Waals surface area contributed by atoms with Crippen LogP contribution in [0.4, 0.5) is 0 Å². The van der Waals surface area contributed by atoms with Crippen molar-refractivity contribution in [2.24, 2.45) is 5.41 Å². The molecule has 2 heterocycles. The predicted molar refractivity (Wildman–Crippen MR) is 98.2 cm³/mol. The molecule has 2 fully saturated rings. The summed E-state index contributed by atoms with van der Waals surface area (Å²) in [5.74, 6) is 0.616. The smallest absolute Gasteiger partial charge is 0.312 e. The monoisotopic (exact) mass is 360 g/mol. The van der Waals surface area contributed by atoms with Crippen LogP contribution in [-0.4, -0.2) is 68.1 Å². The van der Waals surface area contributed by atoms with Gasteiger partial charge in [-0.1, -0.05) is 6.07 Å². The number of esters is 1. The predicted octanol–water partition coefficient (Wildman–Crippen LogP) is 2.18. The Bertz CT molecular complexity index is 666. The molecule has 1 aromatic rings. The first-order chi connectivity index (χ1) is 12.4. The Morgan fingerprint density at radius 3 is 2.73 bits per heavy atom. The van der Waals surface area contributed by atoms with Crippen molar-refractivity contribution in [2.45, 2.75) is 32.3 Å². The summed E-state index contributed by atoms with van der Waals surface area (Å²) in [6, 6.07) is 7.29. The summed E-state index contributed by atoms with van der Waals surface area (Å²) in [7, 11) is 3.97. The van der Waals surface area contributed by atoms with E-state index in [0.717, 1.165) is 13.0 Å². The van der Waals surface area contributed by atoms with Crippen LogP contribution in [0.25, 0.3) is 0 Å². The van der Waals surface area contributed by atoms with Gasteiger partial charge in [0.2, 0.25) is 0 Å². The van der Waals surface area contributed by atoms with E-state index in [4.69, 9.17) is 9.47 Å². The number of nitrogens with zero attached hydrogens (tertiary/aromatic N) is 2. The number of ether oxygens (including phenoxy) is 2. The number of amides is 1. The van der Waals surface area contributed by atoms with E-state index in [9.17, 15) is 9.59 Å². The van der Waals surface area contributed by atoms with Gasteiger partial charge in [0.05, 0.1) is 12.0 Å². The third-order valence-corrected chi connectivity index (χ3v) is 5.29. The quantitative estimate of drug-likeness (QED) is 0.754. The standard InChI is InChI=1S/C20H28N2O4/c1-4-25-16-7-5-6-15(12-16)18(23)22-10-8-20(9-11-22)13-17(14-21(2)3)26-19(20)24/h5-7,12,17H,4,8-11,13-14H2,1-3H3. The molecule has 0 bridgehead atoms. The molecule has 0 aliphatic carbocycles. The van der Waals surface area contributed by atoms with Crippen LogP contribution in [-0.2, 0) is 9.53 Å². The molecule has 3 rings (SSSR count). The minimum absolute atomic E-state index is 0.00221. The highest BCUT2D eigenvalue weighted by molar-refractivity contribution is 5.95. The van der Waals surface area contributed by atoms with Gasteiger partial charge in [-0.2, -0.15) is 0 Å². The summed E-state index contributed by atoms with van der Waals surface area (Å²) in [5, 5.41) is 0. The van der Waals surface area contributed by atoms with Gasteiger partial charge in [0.15, 0.2) is 0 Å². The molecule has 2 aliphatic heterocycles. The molecule has 2 saturated heterocycles. The molecule has 0 N–H and O–H groups in total. The molecule has 0 radical (unpaired) electrons. The first-order valence-electron chi connectivity index (χ1n) is 9.31. The molecular weight excluding hydrogens is 332 g/mol. The van der Waals surface area contributed by atoms with Crippen molar-refractivity contribution in [3.8, 4) is 5.75 Å². The van der Waals surface area contributed by atoms with E-state index in [1.165, 1.54) is 0 Å². The first kappa shape index (κ1) is 18.7. The highest BCUT2D eigenvalue weighted by Gasteiger charge is 2.50. The van der Waals surface area contributed by atoms with Gasteiger partial charge in [-0.3, -0.25) is 9.59 Å². The van der Waals surface area contributed by atoms with Crippen LogP contribution in [0.3, 0.4) is 0 Å². The fourth-order valence-corrected chi connectivity index (χ4v) is 3.96. The largest absolute Gasteiger partial charge is 0.494 e. The Morgan fingerprint density at radius 2 is 2.08 bits per heavy atom. The average molecular weight is 360 g/mol. The molecule has 0 aromatic heterocycles. The molecule has 1 atom stereocenters. The normalized spacial score (nSPS) is 21.9. The number of piperidine rings is 1. The van der Waals surface area contributed by atoms with E-state index in [0.29, 0.717) is 43.9 Å².